The molecule has 0 radical (unpaired) electrons. The highest BCUT2D eigenvalue weighted by molar-refractivity contribution is 5.71. The molecule has 0 aliphatic carbocycles. The Kier molecular flexibility index (Phi) is 47.2. The van der Waals surface area contributed by atoms with Crippen molar-refractivity contribution in [1.82, 2.24) is 0 Å². The van der Waals surface area contributed by atoms with Crippen LogP contribution in [0.15, 0.2) is 0 Å². The Hall–Kier alpha value is -1.59. The second-order valence-electron chi connectivity index (χ2n) is 18.8. The van der Waals surface area contributed by atoms with Gasteiger partial charge in [-0.3, -0.25) is 14.4 Å². The van der Waals surface area contributed by atoms with Crippen molar-refractivity contribution in [2.45, 2.75) is 310 Å². The van der Waals surface area contributed by atoms with Crippen LogP contribution >= 0.6 is 0 Å². The summed E-state index contributed by atoms with van der Waals surface area (Å²) in [7, 11) is 0. The van der Waals surface area contributed by atoms with Gasteiger partial charge >= 0.3 is 17.9 Å². The van der Waals surface area contributed by atoms with Gasteiger partial charge in [0.2, 0.25) is 0 Å². The predicted molar refractivity (Wildman–Crippen MR) is 257 cm³/mol. The second kappa shape index (κ2) is 48.4. The molecule has 0 aromatic heterocycles. The van der Waals surface area contributed by atoms with Gasteiger partial charge in [0.15, 0.2) is 6.10 Å². The standard InChI is InChI=1S/C54H104O6/c1-5-8-10-12-14-15-16-17-18-19-20-25-28-31-35-39-43-47-54(57)60-51(48-58-52(55)45-41-37-32-13-11-9-6-2)49-59-53(56)46-42-38-34-30-27-24-22-21-23-26-29-33-36-40-44-50(4)7-3/h50-51H,5-49H2,1-4H3/t50?,51-/m1/s1. The fourth-order valence-corrected chi connectivity index (χ4v) is 8.19. The molecular formula is C54H104O6. The number of carbonyl (C=O) groups excluding carboxylic acids is 3. The van der Waals surface area contributed by atoms with Gasteiger partial charge in [0.25, 0.3) is 0 Å². The molecule has 1 unspecified atom stereocenters. The van der Waals surface area contributed by atoms with E-state index in [-0.39, 0.29) is 31.1 Å². The third-order valence-corrected chi connectivity index (χ3v) is 12.7. The minimum atomic E-state index is -0.760. The lowest BCUT2D eigenvalue weighted by Crippen LogP contribution is -2.30. The first-order chi connectivity index (χ1) is 29.4. The highest BCUT2D eigenvalue weighted by atomic mass is 16.6. The molecule has 0 heterocycles. The molecule has 2 atom stereocenters. The highest BCUT2D eigenvalue weighted by Gasteiger charge is 2.19. The molecule has 0 aromatic carbocycles. The van der Waals surface area contributed by atoms with Crippen LogP contribution in [0.4, 0.5) is 0 Å². The van der Waals surface area contributed by atoms with Crippen LogP contribution in [0, 0.1) is 5.92 Å². The van der Waals surface area contributed by atoms with E-state index in [0.717, 1.165) is 63.7 Å². The first-order valence-electron chi connectivity index (χ1n) is 26.9. The van der Waals surface area contributed by atoms with Gasteiger partial charge in [-0.15, -0.1) is 0 Å². The SMILES string of the molecule is CCCCCCCCCCCCCCCCCCCC(=O)O[C@H](COC(=O)CCCCCCCCC)COC(=O)CCCCCCCCCCCCCCCCC(C)CC. The van der Waals surface area contributed by atoms with E-state index in [0.29, 0.717) is 19.3 Å². The number of hydrogen-bond acceptors (Lipinski definition) is 6. The average molecular weight is 849 g/mol. The monoisotopic (exact) mass is 849 g/mol. The molecule has 0 amide bonds. The smallest absolute Gasteiger partial charge is 0.306 e. The van der Waals surface area contributed by atoms with Crippen molar-refractivity contribution in [2.24, 2.45) is 5.92 Å². The van der Waals surface area contributed by atoms with Crippen molar-refractivity contribution in [3.63, 3.8) is 0 Å². The number of unbranched alkanes of at least 4 members (excludes halogenated alkanes) is 35. The van der Waals surface area contributed by atoms with Crippen molar-refractivity contribution in [2.75, 3.05) is 13.2 Å². The molecule has 0 aliphatic heterocycles. The third kappa shape index (κ3) is 45.9. The molecule has 0 spiro atoms. The van der Waals surface area contributed by atoms with E-state index >= 15 is 0 Å². The number of esters is 3. The van der Waals surface area contributed by atoms with Crippen LogP contribution in [0.3, 0.4) is 0 Å². The van der Waals surface area contributed by atoms with E-state index in [1.54, 1.807) is 0 Å². The first-order valence-corrected chi connectivity index (χ1v) is 26.9. The summed E-state index contributed by atoms with van der Waals surface area (Å²) >= 11 is 0. The van der Waals surface area contributed by atoms with Crippen molar-refractivity contribution >= 4 is 17.9 Å². The van der Waals surface area contributed by atoms with Crippen LogP contribution in [0.25, 0.3) is 0 Å². The normalized spacial score (nSPS) is 12.4. The van der Waals surface area contributed by atoms with E-state index < -0.39 is 6.10 Å². The Morgan fingerprint density at radius 3 is 0.867 bits per heavy atom. The van der Waals surface area contributed by atoms with Gasteiger partial charge in [0.05, 0.1) is 0 Å². The molecule has 0 bridgehead atoms. The van der Waals surface area contributed by atoms with E-state index in [9.17, 15) is 14.4 Å². The molecular weight excluding hydrogens is 745 g/mol. The van der Waals surface area contributed by atoms with Crippen LogP contribution in [0.5, 0.6) is 0 Å². The summed E-state index contributed by atoms with van der Waals surface area (Å²) in [5.74, 6) is 0.0473. The summed E-state index contributed by atoms with van der Waals surface area (Å²) in [4.78, 5) is 37.8. The lowest BCUT2D eigenvalue weighted by molar-refractivity contribution is -0.167. The molecule has 356 valence electrons. The minimum Gasteiger partial charge on any atom is -0.462 e. The van der Waals surface area contributed by atoms with Crippen molar-refractivity contribution in [3.05, 3.63) is 0 Å². The van der Waals surface area contributed by atoms with Crippen molar-refractivity contribution in [1.29, 1.82) is 0 Å². The molecule has 0 saturated carbocycles. The van der Waals surface area contributed by atoms with Gasteiger partial charge in [0, 0.05) is 19.3 Å². The minimum absolute atomic E-state index is 0.0629. The maximum absolute atomic E-state index is 12.8. The Bertz CT molecular complexity index is 905. The lowest BCUT2D eigenvalue weighted by Gasteiger charge is -2.18. The zero-order valence-corrected chi connectivity index (χ0v) is 40.9. The van der Waals surface area contributed by atoms with Gasteiger partial charge in [-0.2, -0.15) is 0 Å². The Balaban J connectivity index is 4.17. The predicted octanol–water partition coefficient (Wildman–Crippen LogP) is 17.5. The molecule has 0 aromatic rings. The topological polar surface area (TPSA) is 78.9 Å². The largest absolute Gasteiger partial charge is 0.462 e. The zero-order chi connectivity index (χ0) is 43.8. The second-order valence-corrected chi connectivity index (χ2v) is 18.8. The Labute approximate surface area is 374 Å². The van der Waals surface area contributed by atoms with Gasteiger partial charge in [0.1, 0.15) is 13.2 Å². The molecule has 6 nitrogen and oxygen atoms in total. The van der Waals surface area contributed by atoms with E-state index in [1.807, 2.05) is 0 Å². The average Bonchev–Trinajstić information content (AvgIpc) is 3.25. The number of hydrogen-bond donors (Lipinski definition) is 0. The number of carbonyl (C=O) groups is 3. The summed E-state index contributed by atoms with van der Waals surface area (Å²) in [6, 6.07) is 0. The van der Waals surface area contributed by atoms with Gasteiger partial charge in [-0.25, -0.2) is 0 Å². The molecule has 0 N–H and O–H groups in total. The summed E-state index contributed by atoms with van der Waals surface area (Å²) in [5, 5.41) is 0. The van der Waals surface area contributed by atoms with Gasteiger partial charge < -0.3 is 14.2 Å². The molecule has 6 heteroatoms. The van der Waals surface area contributed by atoms with Crippen LogP contribution in [0.2, 0.25) is 0 Å². The molecule has 0 rings (SSSR count). The van der Waals surface area contributed by atoms with Gasteiger partial charge in [-0.05, 0) is 25.2 Å². The fourth-order valence-electron chi connectivity index (χ4n) is 8.19. The maximum Gasteiger partial charge on any atom is 0.306 e. The van der Waals surface area contributed by atoms with Crippen molar-refractivity contribution < 1.29 is 28.6 Å². The summed E-state index contributed by atoms with van der Waals surface area (Å²) < 4.78 is 16.8. The molecule has 0 fully saturated rings. The Morgan fingerprint density at radius 2 is 0.583 bits per heavy atom. The number of ether oxygens (including phenoxy) is 3. The van der Waals surface area contributed by atoms with Crippen LogP contribution in [-0.2, 0) is 28.6 Å². The summed E-state index contributed by atoms with van der Waals surface area (Å²) in [6.45, 7) is 9.04. The zero-order valence-electron chi connectivity index (χ0n) is 40.9. The summed E-state index contributed by atoms with van der Waals surface area (Å²) in [5.41, 5.74) is 0. The molecule has 0 saturated heterocycles. The van der Waals surface area contributed by atoms with Gasteiger partial charge in [-0.1, -0.05) is 265 Å². The fraction of sp³-hybridized carbons (Fsp3) is 0.944. The third-order valence-electron chi connectivity index (χ3n) is 12.7. The highest BCUT2D eigenvalue weighted by Crippen LogP contribution is 2.18. The maximum atomic E-state index is 12.8. The molecule has 0 aliphatic rings. The number of rotatable bonds is 49. The first kappa shape index (κ1) is 58.4. The van der Waals surface area contributed by atoms with Crippen LogP contribution < -0.4 is 0 Å². The Morgan fingerprint density at radius 1 is 0.333 bits per heavy atom. The summed E-state index contributed by atoms with van der Waals surface area (Å²) in [6.07, 6.45) is 51.0. The lowest BCUT2D eigenvalue weighted by atomic mass is 9.99. The molecule has 60 heavy (non-hydrogen) atoms. The van der Waals surface area contributed by atoms with Crippen molar-refractivity contribution in [3.8, 4) is 0 Å². The van der Waals surface area contributed by atoms with Crippen LogP contribution in [-0.4, -0.2) is 37.2 Å². The van der Waals surface area contributed by atoms with Crippen LogP contribution in [0.1, 0.15) is 304 Å². The van der Waals surface area contributed by atoms with E-state index in [2.05, 4.69) is 27.7 Å². The quantitative estimate of drug-likeness (QED) is 0.0345. The van der Waals surface area contributed by atoms with E-state index in [4.69, 9.17) is 14.2 Å². The van der Waals surface area contributed by atoms with E-state index in [1.165, 1.54) is 199 Å².